The van der Waals surface area contributed by atoms with Gasteiger partial charge in [0.25, 0.3) is 0 Å². The first-order valence-electron chi connectivity index (χ1n) is 11.1. The molecule has 0 aliphatic heterocycles. The summed E-state index contributed by atoms with van der Waals surface area (Å²) in [6, 6.07) is 8.35. The number of imidazole rings is 1. The zero-order chi connectivity index (χ0) is 20.5. The molecule has 3 rings (SSSR count). The second-order valence-electron chi connectivity index (χ2n) is 8.22. The van der Waals surface area contributed by atoms with Crippen LogP contribution in [0, 0.1) is 12.3 Å². The summed E-state index contributed by atoms with van der Waals surface area (Å²) in [6.45, 7) is 8.64. The second kappa shape index (κ2) is 12.5. The van der Waals surface area contributed by atoms with Crippen LogP contribution in [0.2, 0.25) is 0 Å². The quantitative estimate of drug-likeness (QED) is 0.207. The van der Waals surface area contributed by atoms with Gasteiger partial charge in [-0.05, 0) is 57.1 Å². The first kappa shape index (κ1) is 24.9. The van der Waals surface area contributed by atoms with E-state index >= 15 is 0 Å². The SMILES string of the molecule is CCNC(=NCC1(CCOC)CCCC1)NCCCn1c(C)nc2ccccc21.I. The van der Waals surface area contributed by atoms with Crippen molar-refractivity contribution in [1.29, 1.82) is 0 Å². The van der Waals surface area contributed by atoms with Crippen LogP contribution >= 0.6 is 24.0 Å². The molecule has 1 aromatic carbocycles. The molecule has 7 heteroatoms. The maximum atomic E-state index is 5.35. The highest BCUT2D eigenvalue weighted by molar-refractivity contribution is 14.0. The summed E-state index contributed by atoms with van der Waals surface area (Å²) in [7, 11) is 1.79. The molecule has 0 unspecified atom stereocenters. The van der Waals surface area contributed by atoms with Crippen LogP contribution in [0.25, 0.3) is 11.0 Å². The minimum Gasteiger partial charge on any atom is -0.385 e. The smallest absolute Gasteiger partial charge is 0.191 e. The summed E-state index contributed by atoms with van der Waals surface area (Å²) < 4.78 is 7.66. The van der Waals surface area contributed by atoms with Gasteiger partial charge in [-0.15, -0.1) is 24.0 Å². The molecule has 1 fully saturated rings. The number of fused-ring (bicyclic) bond motifs is 1. The average molecular weight is 527 g/mol. The van der Waals surface area contributed by atoms with Gasteiger partial charge in [-0.3, -0.25) is 4.99 Å². The lowest BCUT2D eigenvalue weighted by Gasteiger charge is -2.27. The van der Waals surface area contributed by atoms with Crippen molar-refractivity contribution in [2.75, 3.05) is 33.4 Å². The van der Waals surface area contributed by atoms with E-state index in [9.17, 15) is 0 Å². The number of nitrogens with one attached hydrogen (secondary N) is 2. The summed E-state index contributed by atoms with van der Waals surface area (Å²) in [5, 5.41) is 6.92. The van der Waals surface area contributed by atoms with Gasteiger partial charge in [0.15, 0.2) is 5.96 Å². The lowest BCUT2D eigenvalue weighted by atomic mass is 9.83. The second-order valence-corrected chi connectivity index (χ2v) is 8.22. The molecule has 0 amide bonds. The van der Waals surface area contributed by atoms with Crippen molar-refractivity contribution in [3.8, 4) is 0 Å². The van der Waals surface area contributed by atoms with E-state index in [1.54, 1.807) is 7.11 Å². The number of hydrogen-bond acceptors (Lipinski definition) is 3. The third kappa shape index (κ3) is 6.57. The van der Waals surface area contributed by atoms with E-state index in [4.69, 9.17) is 9.73 Å². The molecule has 0 bridgehead atoms. The first-order chi connectivity index (χ1) is 14.2. The number of benzene rings is 1. The fraction of sp³-hybridized carbons (Fsp3) is 0.652. The lowest BCUT2D eigenvalue weighted by molar-refractivity contribution is 0.141. The molecule has 1 saturated carbocycles. The van der Waals surface area contributed by atoms with E-state index in [2.05, 4.69) is 52.2 Å². The number of nitrogens with zero attached hydrogens (tertiary/aromatic N) is 3. The fourth-order valence-corrected chi connectivity index (χ4v) is 4.44. The number of aryl methyl sites for hydroxylation is 2. The van der Waals surface area contributed by atoms with Crippen LogP contribution in [0.3, 0.4) is 0 Å². The lowest BCUT2D eigenvalue weighted by Crippen LogP contribution is -2.39. The highest BCUT2D eigenvalue weighted by Crippen LogP contribution is 2.41. The van der Waals surface area contributed by atoms with Gasteiger partial charge in [-0.1, -0.05) is 25.0 Å². The number of hydrogen-bond donors (Lipinski definition) is 2. The van der Waals surface area contributed by atoms with E-state index in [-0.39, 0.29) is 24.0 Å². The molecule has 1 aromatic heterocycles. The average Bonchev–Trinajstić information content (AvgIpc) is 3.32. The Bertz CT molecular complexity index is 798. The molecule has 1 heterocycles. The molecule has 2 aromatic rings. The summed E-state index contributed by atoms with van der Waals surface area (Å²) in [5.74, 6) is 2.01. The van der Waals surface area contributed by atoms with Crippen LogP contribution in [-0.2, 0) is 11.3 Å². The number of rotatable bonds is 10. The number of aliphatic imine (C=N–C) groups is 1. The van der Waals surface area contributed by atoms with Gasteiger partial charge >= 0.3 is 0 Å². The van der Waals surface area contributed by atoms with Crippen LogP contribution < -0.4 is 10.6 Å². The fourth-order valence-electron chi connectivity index (χ4n) is 4.44. The van der Waals surface area contributed by atoms with Gasteiger partial charge in [-0.25, -0.2) is 4.98 Å². The molecule has 1 aliphatic carbocycles. The molecular formula is C23H38IN5O. The number of aromatic nitrogens is 2. The zero-order valence-corrected chi connectivity index (χ0v) is 21.1. The van der Waals surface area contributed by atoms with E-state index in [1.807, 2.05) is 6.07 Å². The normalized spacial score (nSPS) is 15.9. The molecule has 2 N–H and O–H groups in total. The molecular weight excluding hydrogens is 489 g/mol. The van der Waals surface area contributed by atoms with Crippen LogP contribution in [0.5, 0.6) is 0 Å². The first-order valence-corrected chi connectivity index (χ1v) is 11.1. The summed E-state index contributed by atoms with van der Waals surface area (Å²) in [5.41, 5.74) is 2.61. The topological polar surface area (TPSA) is 63.5 Å². The van der Waals surface area contributed by atoms with Crippen molar-refractivity contribution < 1.29 is 4.74 Å². The van der Waals surface area contributed by atoms with Crippen molar-refractivity contribution >= 4 is 41.0 Å². The third-order valence-corrected chi connectivity index (χ3v) is 6.11. The van der Waals surface area contributed by atoms with Crippen molar-refractivity contribution in [2.45, 2.75) is 58.9 Å². The third-order valence-electron chi connectivity index (χ3n) is 6.11. The molecule has 0 spiro atoms. The molecule has 168 valence electrons. The van der Waals surface area contributed by atoms with Crippen molar-refractivity contribution in [2.24, 2.45) is 10.4 Å². The van der Waals surface area contributed by atoms with E-state index in [0.717, 1.165) is 62.9 Å². The molecule has 1 aliphatic rings. The van der Waals surface area contributed by atoms with Crippen LogP contribution in [-0.4, -0.2) is 48.9 Å². The maximum Gasteiger partial charge on any atom is 0.191 e. The molecule has 0 atom stereocenters. The van der Waals surface area contributed by atoms with E-state index in [1.165, 1.54) is 31.2 Å². The van der Waals surface area contributed by atoms with Crippen LogP contribution in [0.15, 0.2) is 29.3 Å². The van der Waals surface area contributed by atoms with Gasteiger partial charge < -0.3 is 19.9 Å². The van der Waals surface area contributed by atoms with Crippen molar-refractivity contribution in [3.63, 3.8) is 0 Å². The number of para-hydroxylation sites is 2. The standard InChI is InChI=1S/C23H37N5O.HI/c1-4-24-22(26-18-23(14-17-29-3)12-7-8-13-23)25-15-9-16-28-19(2)27-20-10-5-6-11-21(20)28;/h5-6,10-11H,4,7-9,12-18H2,1-3H3,(H2,24,25,26);1H. The van der Waals surface area contributed by atoms with Crippen molar-refractivity contribution in [1.82, 2.24) is 20.2 Å². The molecule has 30 heavy (non-hydrogen) atoms. The minimum absolute atomic E-state index is 0. The molecule has 0 radical (unpaired) electrons. The predicted octanol–water partition coefficient (Wildman–Crippen LogP) is 4.50. The Labute approximate surface area is 198 Å². The highest BCUT2D eigenvalue weighted by atomic mass is 127. The Morgan fingerprint density at radius 2 is 2.00 bits per heavy atom. The number of guanidine groups is 1. The molecule has 6 nitrogen and oxygen atoms in total. The van der Waals surface area contributed by atoms with Gasteiger partial charge in [0.05, 0.1) is 11.0 Å². The Hall–Kier alpha value is -1.35. The van der Waals surface area contributed by atoms with Gasteiger partial charge in [0.1, 0.15) is 5.82 Å². The van der Waals surface area contributed by atoms with Crippen LogP contribution in [0.4, 0.5) is 0 Å². The number of methoxy groups -OCH3 is 1. The Balaban J connectivity index is 0.00000320. The van der Waals surface area contributed by atoms with Gasteiger partial charge in [0, 0.05) is 39.9 Å². The van der Waals surface area contributed by atoms with E-state index < -0.39 is 0 Å². The van der Waals surface area contributed by atoms with E-state index in [0.29, 0.717) is 5.41 Å². The highest BCUT2D eigenvalue weighted by Gasteiger charge is 2.33. The Morgan fingerprint density at radius 3 is 2.73 bits per heavy atom. The molecule has 0 saturated heterocycles. The Morgan fingerprint density at radius 1 is 1.23 bits per heavy atom. The zero-order valence-electron chi connectivity index (χ0n) is 18.7. The Kier molecular flexibility index (Phi) is 10.4. The largest absolute Gasteiger partial charge is 0.385 e. The summed E-state index contributed by atoms with van der Waals surface area (Å²) >= 11 is 0. The van der Waals surface area contributed by atoms with Crippen molar-refractivity contribution in [3.05, 3.63) is 30.1 Å². The van der Waals surface area contributed by atoms with Gasteiger partial charge in [0.2, 0.25) is 0 Å². The number of ether oxygens (including phenoxy) is 1. The minimum atomic E-state index is 0. The predicted molar refractivity (Wildman–Crippen MR) is 136 cm³/mol. The monoisotopic (exact) mass is 527 g/mol. The summed E-state index contributed by atoms with van der Waals surface area (Å²) in [4.78, 5) is 9.60. The summed E-state index contributed by atoms with van der Waals surface area (Å²) in [6.07, 6.45) is 7.32. The maximum absolute atomic E-state index is 5.35. The number of halogens is 1. The van der Waals surface area contributed by atoms with Gasteiger partial charge in [-0.2, -0.15) is 0 Å². The van der Waals surface area contributed by atoms with Crippen LogP contribution in [0.1, 0.15) is 51.3 Å².